The van der Waals surface area contributed by atoms with E-state index in [4.69, 9.17) is 4.42 Å². The molecule has 7 heteroatoms. The quantitative estimate of drug-likeness (QED) is 0.534. The molecule has 0 radical (unpaired) electrons. The van der Waals surface area contributed by atoms with Crippen molar-refractivity contribution in [1.29, 1.82) is 0 Å². The molecular formula is C15H12FN3O2S. The number of carbonyl (C=O) groups is 1. The van der Waals surface area contributed by atoms with Gasteiger partial charge in [0.25, 0.3) is 0 Å². The predicted octanol–water partition coefficient (Wildman–Crippen LogP) is 3.19. The van der Waals surface area contributed by atoms with E-state index in [1.807, 2.05) is 0 Å². The fourth-order valence-corrected chi connectivity index (χ4v) is 2.75. The molecule has 0 atom stereocenters. The second-order valence-electron chi connectivity index (χ2n) is 4.53. The monoisotopic (exact) mass is 317 g/mol. The molecule has 3 aromatic rings. The molecule has 0 aliphatic heterocycles. The summed E-state index contributed by atoms with van der Waals surface area (Å²) in [4.78, 5) is 12.0. The number of furan rings is 1. The summed E-state index contributed by atoms with van der Waals surface area (Å²) in [6.45, 7) is 0. The van der Waals surface area contributed by atoms with Crippen molar-refractivity contribution in [1.82, 2.24) is 14.8 Å². The van der Waals surface area contributed by atoms with Crippen LogP contribution in [0.1, 0.15) is 10.4 Å². The molecule has 1 aromatic carbocycles. The zero-order valence-electron chi connectivity index (χ0n) is 11.7. The van der Waals surface area contributed by atoms with Gasteiger partial charge in [0, 0.05) is 7.05 Å². The summed E-state index contributed by atoms with van der Waals surface area (Å²) in [7, 11) is 1.79. The molecule has 0 unspecified atom stereocenters. The van der Waals surface area contributed by atoms with E-state index in [0.29, 0.717) is 16.7 Å². The average molecular weight is 317 g/mol. The summed E-state index contributed by atoms with van der Waals surface area (Å²) in [6.07, 6.45) is 1.55. The van der Waals surface area contributed by atoms with Gasteiger partial charge in [0.1, 0.15) is 5.82 Å². The largest absolute Gasteiger partial charge is 0.461 e. The SMILES string of the molecule is Cn1c(SCC(=O)c2ccccc2F)nnc1-c1ccco1. The molecule has 0 aliphatic carbocycles. The van der Waals surface area contributed by atoms with Gasteiger partial charge in [-0.2, -0.15) is 0 Å². The normalized spacial score (nSPS) is 10.8. The Morgan fingerprint density at radius 3 is 2.82 bits per heavy atom. The van der Waals surface area contributed by atoms with E-state index in [1.165, 1.54) is 23.9 Å². The maximum Gasteiger partial charge on any atom is 0.200 e. The number of hydrogen-bond donors (Lipinski definition) is 0. The van der Waals surface area contributed by atoms with Crippen LogP contribution in [0.2, 0.25) is 0 Å². The van der Waals surface area contributed by atoms with Gasteiger partial charge in [-0.3, -0.25) is 4.79 Å². The maximum absolute atomic E-state index is 13.6. The Morgan fingerprint density at radius 1 is 1.27 bits per heavy atom. The van der Waals surface area contributed by atoms with Gasteiger partial charge < -0.3 is 8.98 Å². The molecule has 0 amide bonds. The van der Waals surface area contributed by atoms with E-state index in [1.54, 1.807) is 42.1 Å². The number of thioether (sulfide) groups is 1. The maximum atomic E-state index is 13.6. The van der Waals surface area contributed by atoms with Crippen LogP contribution in [-0.4, -0.2) is 26.3 Å². The number of carbonyl (C=O) groups excluding carboxylic acids is 1. The number of nitrogens with zero attached hydrogens (tertiary/aromatic N) is 3. The highest BCUT2D eigenvalue weighted by Gasteiger charge is 2.16. The van der Waals surface area contributed by atoms with Crippen molar-refractivity contribution in [2.45, 2.75) is 5.16 Å². The fraction of sp³-hybridized carbons (Fsp3) is 0.133. The molecule has 0 fully saturated rings. The predicted molar refractivity (Wildman–Crippen MR) is 80.2 cm³/mol. The Balaban J connectivity index is 1.73. The van der Waals surface area contributed by atoms with Gasteiger partial charge in [0.15, 0.2) is 22.5 Å². The highest BCUT2D eigenvalue weighted by Crippen LogP contribution is 2.23. The zero-order valence-corrected chi connectivity index (χ0v) is 12.5. The van der Waals surface area contributed by atoms with E-state index in [0.717, 1.165) is 0 Å². The Hall–Kier alpha value is -2.41. The first-order chi connectivity index (χ1) is 10.7. The van der Waals surface area contributed by atoms with Crippen LogP contribution in [-0.2, 0) is 7.05 Å². The van der Waals surface area contributed by atoms with Crippen molar-refractivity contribution >= 4 is 17.5 Å². The molecule has 0 aliphatic rings. The Kier molecular flexibility index (Phi) is 4.06. The van der Waals surface area contributed by atoms with Crippen LogP contribution < -0.4 is 0 Å². The highest BCUT2D eigenvalue weighted by molar-refractivity contribution is 7.99. The van der Waals surface area contributed by atoms with E-state index in [2.05, 4.69) is 10.2 Å². The van der Waals surface area contributed by atoms with E-state index in [-0.39, 0.29) is 17.1 Å². The van der Waals surface area contributed by atoms with Crippen LogP contribution in [0.15, 0.2) is 52.2 Å². The third-order valence-corrected chi connectivity index (χ3v) is 4.10. The average Bonchev–Trinajstić information content (AvgIpc) is 3.15. The molecule has 0 saturated heterocycles. The molecule has 2 heterocycles. The van der Waals surface area contributed by atoms with Gasteiger partial charge in [-0.25, -0.2) is 4.39 Å². The van der Waals surface area contributed by atoms with Crippen molar-refractivity contribution in [2.24, 2.45) is 7.05 Å². The number of aromatic nitrogens is 3. The second-order valence-corrected chi connectivity index (χ2v) is 5.48. The molecule has 5 nitrogen and oxygen atoms in total. The fourth-order valence-electron chi connectivity index (χ4n) is 1.96. The number of Topliss-reactive ketones (excluding diaryl/α,β-unsaturated/α-hetero) is 1. The molecule has 112 valence electrons. The van der Waals surface area contributed by atoms with Gasteiger partial charge in [0.2, 0.25) is 0 Å². The minimum Gasteiger partial charge on any atom is -0.461 e. The number of hydrogen-bond acceptors (Lipinski definition) is 5. The molecular weight excluding hydrogens is 305 g/mol. The molecule has 2 aromatic heterocycles. The Bertz CT molecular complexity index is 799. The highest BCUT2D eigenvalue weighted by atomic mass is 32.2. The third-order valence-electron chi connectivity index (χ3n) is 3.08. The number of halogens is 1. The van der Waals surface area contributed by atoms with E-state index >= 15 is 0 Å². The van der Waals surface area contributed by atoms with Crippen LogP contribution in [0.5, 0.6) is 0 Å². The molecule has 0 N–H and O–H groups in total. The van der Waals surface area contributed by atoms with Crippen molar-refractivity contribution in [3.05, 3.63) is 54.0 Å². The van der Waals surface area contributed by atoms with Gasteiger partial charge in [-0.1, -0.05) is 23.9 Å². The summed E-state index contributed by atoms with van der Waals surface area (Å²) in [5.74, 6) is 0.464. The molecule has 3 rings (SSSR count). The first-order valence-corrected chi connectivity index (χ1v) is 7.49. The molecule has 0 spiro atoms. The van der Waals surface area contributed by atoms with Gasteiger partial charge in [-0.15, -0.1) is 10.2 Å². The minimum absolute atomic E-state index is 0.0865. The van der Waals surface area contributed by atoms with Crippen molar-refractivity contribution in [3.8, 4) is 11.6 Å². The first kappa shape index (κ1) is 14.5. The van der Waals surface area contributed by atoms with Crippen LogP contribution >= 0.6 is 11.8 Å². The molecule has 22 heavy (non-hydrogen) atoms. The van der Waals surface area contributed by atoms with Crippen molar-refractivity contribution in [2.75, 3.05) is 5.75 Å². The van der Waals surface area contributed by atoms with Crippen LogP contribution in [0.3, 0.4) is 0 Å². The lowest BCUT2D eigenvalue weighted by Gasteiger charge is -2.03. The second kappa shape index (κ2) is 6.15. The van der Waals surface area contributed by atoms with Crippen LogP contribution in [0.25, 0.3) is 11.6 Å². The number of ketones is 1. The lowest BCUT2D eigenvalue weighted by molar-refractivity contribution is 0.101. The summed E-state index contributed by atoms with van der Waals surface area (Å²) in [5.41, 5.74) is 0.0865. The zero-order chi connectivity index (χ0) is 15.5. The topological polar surface area (TPSA) is 60.9 Å². The van der Waals surface area contributed by atoms with Crippen LogP contribution in [0.4, 0.5) is 4.39 Å². The van der Waals surface area contributed by atoms with E-state index < -0.39 is 5.82 Å². The summed E-state index contributed by atoms with van der Waals surface area (Å²) in [5, 5.41) is 8.63. The standard InChI is InChI=1S/C15H12FN3O2S/c1-19-14(13-7-4-8-21-13)17-18-15(19)22-9-12(20)10-5-2-3-6-11(10)16/h2-8H,9H2,1H3. The Morgan fingerprint density at radius 2 is 2.09 bits per heavy atom. The van der Waals surface area contributed by atoms with Crippen LogP contribution in [0, 0.1) is 5.82 Å². The van der Waals surface area contributed by atoms with Crippen molar-refractivity contribution in [3.63, 3.8) is 0 Å². The number of rotatable bonds is 5. The summed E-state index contributed by atoms with van der Waals surface area (Å²) >= 11 is 1.21. The summed E-state index contributed by atoms with van der Waals surface area (Å²) < 4.78 is 20.6. The summed E-state index contributed by atoms with van der Waals surface area (Å²) in [6, 6.07) is 9.48. The smallest absolute Gasteiger partial charge is 0.200 e. The van der Waals surface area contributed by atoms with Gasteiger partial charge in [-0.05, 0) is 24.3 Å². The lowest BCUT2D eigenvalue weighted by Crippen LogP contribution is -2.06. The van der Waals surface area contributed by atoms with Gasteiger partial charge in [0.05, 0.1) is 17.6 Å². The minimum atomic E-state index is -0.512. The van der Waals surface area contributed by atoms with Crippen molar-refractivity contribution < 1.29 is 13.6 Å². The van der Waals surface area contributed by atoms with Gasteiger partial charge >= 0.3 is 0 Å². The Labute approximate surface area is 130 Å². The first-order valence-electron chi connectivity index (χ1n) is 6.50. The molecule has 0 saturated carbocycles. The molecule has 0 bridgehead atoms. The van der Waals surface area contributed by atoms with E-state index in [9.17, 15) is 9.18 Å². The number of benzene rings is 1. The lowest BCUT2D eigenvalue weighted by atomic mass is 10.1. The third kappa shape index (κ3) is 2.80.